The van der Waals surface area contributed by atoms with Gasteiger partial charge in [0.25, 0.3) is 0 Å². The molecule has 0 saturated heterocycles. The Morgan fingerprint density at radius 3 is 2.90 bits per heavy atom. The van der Waals surface area contributed by atoms with Crippen LogP contribution in [0.15, 0.2) is 24.3 Å². The van der Waals surface area contributed by atoms with Gasteiger partial charge in [-0.25, -0.2) is 0 Å². The predicted octanol–water partition coefficient (Wildman–Crippen LogP) is 3.16. The zero-order chi connectivity index (χ0) is 7.56. The van der Waals surface area contributed by atoms with Gasteiger partial charge < -0.3 is 0 Å². The molecular weight excluding hydrogens is 120 g/mol. The second-order valence-corrected chi connectivity index (χ2v) is 3.15. The van der Waals surface area contributed by atoms with Crippen LogP contribution in [0.3, 0.4) is 0 Å². The maximum Gasteiger partial charge on any atom is -0.0139 e. The van der Waals surface area contributed by atoms with Gasteiger partial charge in [-0.3, -0.25) is 0 Å². The lowest BCUT2D eigenvalue weighted by molar-refractivity contribution is 0.456. The van der Waals surface area contributed by atoms with E-state index in [-0.39, 0.29) is 0 Å². The molecule has 0 aliphatic heterocycles. The van der Waals surface area contributed by atoms with Crippen molar-refractivity contribution < 1.29 is 0 Å². The molecule has 2 unspecified atom stereocenters. The van der Waals surface area contributed by atoms with Crippen molar-refractivity contribution in [1.82, 2.24) is 0 Å². The van der Waals surface area contributed by atoms with Gasteiger partial charge in [0.1, 0.15) is 0 Å². The van der Waals surface area contributed by atoms with E-state index in [4.69, 9.17) is 0 Å². The lowest BCUT2D eigenvalue weighted by Gasteiger charge is -2.24. The minimum absolute atomic E-state index is 0.704. The first kappa shape index (κ1) is 7.59. The Bertz CT molecular complexity index is 153. The fourth-order valence-corrected chi connectivity index (χ4v) is 1.54. The third-order valence-corrected chi connectivity index (χ3v) is 2.52. The molecule has 56 valence electrons. The summed E-state index contributed by atoms with van der Waals surface area (Å²) in [5.41, 5.74) is 1.40. The standard InChI is InChI=1S/C10H16/c1-4-10-7-5-6-8(2)9(10)3/h5,7,9-10H,2,4,6H2,1,3H3. The minimum atomic E-state index is 0.704. The topological polar surface area (TPSA) is 0 Å². The van der Waals surface area contributed by atoms with E-state index >= 15 is 0 Å². The van der Waals surface area contributed by atoms with Crippen LogP contribution in [0.4, 0.5) is 0 Å². The first-order valence-corrected chi connectivity index (χ1v) is 4.10. The van der Waals surface area contributed by atoms with Crippen molar-refractivity contribution in [1.29, 1.82) is 0 Å². The number of hydrogen-bond donors (Lipinski definition) is 0. The van der Waals surface area contributed by atoms with Crippen LogP contribution >= 0.6 is 0 Å². The van der Waals surface area contributed by atoms with E-state index in [1.54, 1.807) is 0 Å². The second-order valence-electron chi connectivity index (χ2n) is 3.15. The molecule has 0 aromatic heterocycles. The highest BCUT2D eigenvalue weighted by Crippen LogP contribution is 2.29. The van der Waals surface area contributed by atoms with E-state index in [1.807, 2.05) is 0 Å². The van der Waals surface area contributed by atoms with Gasteiger partial charge in [0.05, 0.1) is 0 Å². The van der Waals surface area contributed by atoms with Crippen LogP contribution in [0, 0.1) is 11.8 Å². The quantitative estimate of drug-likeness (QED) is 0.486. The highest BCUT2D eigenvalue weighted by molar-refractivity contribution is 5.15. The summed E-state index contributed by atoms with van der Waals surface area (Å²) in [7, 11) is 0. The van der Waals surface area contributed by atoms with E-state index in [1.165, 1.54) is 12.0 Å². The van der Waals surface area contributed by atoms with Gasteiger partial charge in [0.15, 0.2) is 0 Å². The van der Waals surface area contributed by atoms with Gasteiger partial charge in [0.2, 0.25) is 0 Å². The number of hydrogen-bond acceptors (Lipinski definition) is 0. The maximum atomic E-state index is 4.04. The minimum Gasteiger partial charge on any atom is -0.0993 e. The molecule has 1 aliphatic rings. The molecule has 0 fully saturated rings. The predicted molar refractivity (Wildman–Crippen MR) is 45.8 cm³/mol. The highest BCUT2D eigenvalue weighted by Gasteiger charge is 2.17. The van der Waals surface area contributed by atoms with Crippen molar-refractivity contribution in [3.8, 4) is 0 Å². The van der Waals surface area contributed by atoms with Crippen LogP contribution in [0.1, 0.15) is 26.7 Å². The summed E-state index contributed by atoms with van der Waals surface area (Å²) in [5, 5.41) is 0. The summed E-state index contributed by atoms with van der Waals surface area (Å²) in [6.07, 6.45) is 6.92. The first-order chi connectivity index (χ1) is 4.75. The molecule has 0 aromatic rings. The fraction of sp³-hybridized carbons (Fsp3) is 0.600. The van der Waals surface area contributed by atoms with E-state index < -0.39 is 0 Å². The Morgan fingerprint density at radius 2 is 2.40 bits per heavy atom. The van der Waals surface area contributed by atoms with Crippen molar-refractivity contribution in [3.63, 3.8) is 0 Å². The van der Waals surface area contributed by atoms with Crippen LogP contribution < -0.4 is 0 Å². The van der Waals surface area contributed by atoms with Gasteiger partial charge in [-0.2, -0.15) is 0 Å². The summed E-state index contributed by atoms with van der Waals surface area (Å²) < 4.78 is 0. The molecule has 0 saturated carbocycles. The molecule has 0 heteroatoms. The molecule has 1 aliphatic carbocycles. The van der Waals surface area contributed by atoms with Crippen molar-refractivity contribution in [3.05, 3.63) is 24.3 Å². The largest absolute Gasteiger partial charge is 0.0993 e. The molecule has 0 bridgehead atoms. The molecule has 0 spiro atoms. The number of allylic oxidation sites excluding steroid dienone is 3. The Balaban J connectivity index is 2.66. The van der Waals surface area contributed by atoms with Crippen molar-refractivity contribution in [2.45, 2.75) is 26.7 Å². The molecule has 1 rings (SSSR count). The number of rotatable bonds is 1. The third-order valence-electron chi connectivity index (χ3n) is 2.52. The van der Waals surface area contributed by atoms with E-state index in [2.05, 4.69) is 32.6 Å². The molecule has 10 heavy (non-hydrogen) atoms. The zero-order valence-corrected chi connectivity index (χ0v) is 6.93. The third kappa shape index (κ3) is 1.31. The molecule has 0 N–H and O–H groups in total. The van der Waals surface area contributed by atoms with Crippen molar-refractivity contribution in [2.75, 3.05) is 0 Å². The average Bonchev–Trinajstić information content (AvgIpc) is 1.95. The van der Waals surface area contributed by atoms with Crippen molar-refractivity contribution in [2.24, 2.45) is 11.8 Å². The van der Waals surface area contributed by atoms with Crippen LogP contribution in [0.2, 0.25) is 0 Å². The monoisotopic (exact) mass is 136 g/mol. The summed E-state index contributed by atoms with van der Waals surface area (Å²) in [5.74, 6) is 1.45. The SMILES string of the molecule is C=C1CC=CC(CC)C1C. The molecule has 2 atom stereocenters. The van der Waals surface area contributed by atoms with E-state index in [0.29, 0.717) is 5.92 Å². The summed E-state index contributed by atoms with van der Waals surface area (Å²) in [4.78, 5) is 0. The fourth-order valence-electron chi connectivity index (χ4n) is 1.54. The Hall–Kier alpha value is -0.520. The highest BCUT2D eigenvalue weighted by atomic mass is 14.2. The molecule has 0 heterocycles. The van der Waals surface area contributed by atoms with Gasteiger partial charge >= 0.3 is 0 Å². The molecule has 0 nitrogen and oxygen atoms in total. The molecular formula is C10H16. The van der Waals surface area contributed by atoms with Crippen LogP contribution in [-0.4, -0.2) is 0 Å². The van der Waals surface area contributed by atoms with E-state index in [0.717, 1.165) is 12.3 Å². The van der Waals surface area contributed by atoms with Gasteiger partial charge in [0, 0.05) is 0 Å². The van der Waals surface area contributed by atoms with Crippen LogP contribution in [-0.2, 0) is 0 Å². The smallest absolute Gasteiger partial charge is 0.0139 e. The van der Waals surface area contributed by atoms with Gasteiger partial charge in [-0.05, 0) is 24.7 Å². The van der Waals surface area contributed by atoms with Gasteiger partial charge in [-0.15, -0.1) is 0 Å². The summed E-state index contributed by atoms with van der Waals surface area (Å²) in [6.45, 7) is 8.56. The van der Waals surface area contributed by atoms with Gasteiger partial charge in [-0.1, -0.05) is 38.2 Å². The lowest BCUT2D eigenvalue weighted by Crippen LogP contribution is -2.13. The molecule has 0 aromatic carbocycles. The van der Waals surface area contributed by atoms with E-state index in [9.17, 15) is 0 Å². The summed E-state index contributed by atoms with van der Waals surface area (Å²) >= 11 is 0. The zero-order valence-electron chi connectivity index (χ0n) is 6.93. The van der Waals surface area contributed by atoms with Crippen LogP contribution in [0.25, 0.3) is 0 Å². The Kier molecular flexibility index (Phi) is 2.31. The van der Waals surface area contributed by atoms with Crippen molar-refractivity contribution >= 4 is 0 Å². The first-order valence-electron chi connectivity index (χ1n) is 4.10. The second kappa shape index (κ2) is 3.05. The van der Waals surface area contributed by atoms with Crippen LogP contribution in [0.5, 0.6) is 0 Å². The Morgan fingerprint density at radius 1 is 1.70 bits per heavy atom. The average molecular weight is 136 g/mol. The normalized spacial score (nSPS) is 32.8. The lowest BCUT2D eigenvalue weighted by atomic mass is 9.81. The maximum absolute atomic E-state index is 4.04. The molecule has 0 amide bonds. The Labute approximate surface area is 63.6 Å². The summed E-state index contributed by atoms with van der Waals surface area (Å²) in [6, 6.07) is 0. The molecule has 0 radical (unpaired) electrons.